The molecule has 0 amide bonds. The molecule has 0 heterocycles. The highest BCUT2D eigenvalue weighted by Crippen LogP contribution is 2.73. The predicted molar refractivity (Wildman–Crippen MR) is 138 cm³/mol. The smallest absolute Gasteiger partial charge is 0.315 e. The first-order valence-corrected chi connectivity index (χ1v) is 13.4. The Morgan fingerprint density at radius 1 is 0.912 bits per heavy atom. The van der Waals surface area contributed by atoms with Crippen LogP contribution in [0.5, 0.6) is 0 Å². The molecule has 1 saturated carbocycles. The molecule has 3 nitrogen and oxygen atoms in total. The first-order valence-electron chi connectivity index (χ1n) is 11.9. The summed E-state index contributed by atoms with van der Waals surface area (Å²) in [5.74, 6) is -0.591. The molecule has 0 spiro atoms. The molecule has 3 aromatic rings. The number of carbonyl (C=O) groups excluding carboxylic acids is 1. The van der Waals surface area contributed by atoms with Crippen molar-refractivity contribution in [3.8, 4) is 0 Å². The van der Waals surface area contributed by atoms with E-state index in [1.807, 2.05) is 79.7 Å². The standard InChI is InChI=1S/C29H31ClO3S/c1-3-33-27(31)28(21-20-24-12-8-5-9-13-24)26(19-16-23-10-6-4-7-11-23)29(28,30)34(32)25-17-14-22(2)15-18-25/h4-15,17-18,26H,3,16,19-21H2,1-2H3/t26-,28+,29+,34?/m1/s1. The molecule has 34 heavy (non-hydrogen) atoms. The molecule has 0 aromatic heterocycles. The molecular formula is C29H31ClO3S. The Labute approximate surface area is 210 Å². The van der Waals surface area contributed by atoms with Gasteiger partial charge in [0, 0.05) is 10.8 Å². The number of alkyl halides is 1. The summed E-state index contributed by atoms with van der Waals surface area (Å²) in [5, 5.41) is 0. The van der Waals surface area contributed by atoms with Gasteiger partial charge in [-0.3, -0.25) is 9.00 Å². The fourth-order valence-corrected chi connectivity index (χ4v) is 7.75. The third kappa shape index (κ3) is 4.58. The number of ether oxygens (including phenoxy) is 1. The summed E-state index contributed by atoms with van der Waals surface area (Å²) in [4.78, 5) is 14.2. The van der Waals surface area contributed by atoms with Crippen molar-refractivity contribution in [3.05, 3.63) is 102 Å². The van der Waals surface area contributed by atoms with E-state index in [4.69, 9.17) is 16.3 Å². The molecule has 3 aromatic carbocycles. The molecule has 0 N–H and O–H groups in total. The molecule has 0 radical (unpaired) electrons. The van der Waals surface area contributed by atoms with Crippen LogP contribution in [0, 0.1) is 18.3 Å². The largest absolute Gasteiger partial charge is 0.465 e. The predicted octanol–water partition coefficient (Wildman–Crippen LogP) is 6.48. The van der Waals surface area contributed by atoms with E-state index < -0.39 is 20.4 Å². The number of esters is 1. The van der Waals surface area contributed by atoms with Gasteiger partial charge >= 0.3 is 5.97 Å². The fraction of sp³-hybridized carbons (Fsp3) is 0.345. The van der Waals surface area contributed by atoms with E-state index in [-0.39, 0.29) is 18.5 Å². The van der Waals surface area contributed by atoms with Crippen LogP contribution in [0.3, 0.4) is 0 Å². The summed E-state index contributed by atoms with van der Waals surface area (Å²) in [6.45, 7) is 4.06. The quantitative estimate of drug-likeness (QED) is 0.239. The van der Waals surface area contributed by atoms with Crippen LogP contribution in [-0.4, -0.2) is 21.0 Å². The number of benzene rings is 3. The second-order valence-corrected chi connectivity index (χ2v) is 11.5. The molecule has 0 saturated heterocycles. The van der Waals surface area contributed by atoms with E-state index in [0.29, 0.717) is 24.2 Å². The first kappa shape index (κ1) is 24.7. The van der Waals surface area contributed by atoms with Crippen LogP contribution in [0.4, 0.5) is 0 Å². The van der Waals surface area contributed by atoms with Crippen LogP contribution in [0.1, 0.15) is 36.5 Å². The van der Waals surface area contributed by atoms with Crippen LogP contribution in [-0.2, 0) is 33.2 Å². The van der Waals surface area contributed by atoms with Gasteiger partial charge in [-0.2, -0.15) is 0 Å². The van der Waals surface area contributed by atoms with Crippen molar-refractivity contribution in [3.63, 3.8) is 0 Å². The molecule has 5 heteroatoms. The number of aryl methyl sites for hydroxylation is 3. The van der Waals surface area contributed by atoms with Gasteiger partial charge in [0.25, 0.3) is 0 Å². The van der Waals surface area contributed by atoms with E-state index >= 15 is 0 Å². The number of halogens is 1. The van der Waals surface area contributed by atoms with Gasteiger partial charge in [0.05, 0.1) is 17.4 Å². The Morgan fingerprint density at radius 3 is 2.03 bits per heavy atom. The molecule has 0 aliphatic heterocycles. The minimum absolute atomic E-state index is 0.258. The Morgan fingerprint density at radius 2 is 1.47 bits per heavy atom. The molecular weight excluding hydrogens is 464 g/mol. The van der Waals surface area contributed by atoms with E-state index in [1.54, 1.807) is 6.92 Å². The monoisotopic (exact) mass is 494 g/mol. The third-order valence-electron chi connectivity index (χ3n) is 6.93. The summed E-state index contributed by atoms with van der Waals surface area (Å²) in [6, 6.07) is 27.8. The van der Waals surface area contributed by atoms with Crippen LogP contribution < -0.4 is 0 Å². The molecule has 1 aliphatic carbocycles. The van der Waals surface area contributed by atoms with Crippen molar-refractivity contribution >= 4 is 28.4 Å². The summed E-state index contributed by atoms with van der Waals surface area (Å²) in [5.41, 5.74) is 2.38. The molecule has 178 valence electrons. The highest BCUT2D eigenvalue weighted by molar-refractivity contribution is 7.88. The molecule has 4 atom stereocenters. The summed E-state index contributed by atoms with van der Waals surface area (Å²) in [7, 11) is -1.57. The van der Waals surface area contributed by atoms with Gasteiger partial charge in [-0.15, -0.1) is 11.6 Å². The highest BCUT2D eigenvalue weighted by atomic mass is 35.5. The zero-order chi connectivity index (χ0) is 24.2. The Hall–Kier alpha value is -2.43. The zero-order valence-corrected chi connectivity index (χ0v) is 21.3. The number of hydrogen-bond acceptors (Lipinski definition) is 3. The number of carbonyl (C=O) groups is 1. The van der Waals surface area contributed by atoms with Crippen molar-refractivity contribution in [2.45, 2.75) is 48.6 Å². The molecule has 1 fully saturated rings. The maximum Gasteiger partial charge on any atom is 0.315 e. The lowest BCUT2D eigenvalue weighted by molar-refractivity contribution is -0.150. The second kappa shape index (κ2) is 10.5. The fourth-order valence-electron chi connectivity index (χ4n) is 5.03. The molecule has 1 unspecified atom stereocenters. The van der Waals surface area contributed by atoms with Gasteiger partial charge in [-0.25, -0.2) is 0 Å². The summed E-state index contributed by atoms with van der Waals surface area (Å²) < 4.78 is 18.3. The van der Waals surface area contributed by atoms with E-state index in [0.717, 1.165) is 17.5 Å². The van der Waals surface area contributed by atoms with Crippen molar-refractivity contribution < 1.29 is 13.7 Å². The van der Waals surface area contributed by atoms with Gasteiger partial charge in [-0.1, -0.05) is 78.4 Å². The summed E-state index contributed by atoms with van der Waals surface area (Å²) >= 11 is 7.32. The first-order chi connectivity index (χ1) is 16.4. The van der Waals surface area contributed by atoms with Gasteiger partial charge in [0.2, 0.25) is 0 Å². The topological polar surface area (TPSA) is 43.4 Å². The zero-order valence-electron chi connectivity index (χ0n) is 19.7. The van der Waals surface area contributed by atoms with Gasteiger partial charge in [-0.05, 0) is 62.8 Å². The Balaban J connectivity index is 1.70. The number of hydrogen-bond donors (Lipinski definition) is 0. The number of rotatable bonds is 10. The SMILES string of the molecule is CCOC(=O)[C@]1(CCc2ccccc2)[C@@H](CCc2ccccc2)[C@]1(Cl)S(=O)c1ccc(C)cc1. The van der Waals surface area contributed by atoms with Gasteiger partial charge < -0.3 is 4.74 Å². The Kier molecular flexibility index (Phi) is 7.59. The third-order valence-corrected chi connectivity index (χ3v) is 9.84. The van der Waals surface area contributed by atoms with Crippen LogP contribution in [0.15, 0.2) is 89.8 Å². The molecule has 4 rings (SSSR count). The summed E-state index contributed by atoms with van der Waals surface area (Å²) in [6.07, 6.45) is 2.59. The van der Waals surface area contributed by atoms with E-state index in [2.05, 4.69) is 12.1 Å². The normalized spacial score (nSPS) is 24.4. The lowest BCUT2D eigenvalue weighted by atomic mass is 9.92. The van der Waals surface area contributed by atoms with Crippen LogP contribution in [0.25, 0.3) is 0 Å². The van der Waals surface area contributed by atoms with E-state index in [1.165, 1.54) is 5.56 Å². The Bertz CT molecular complexity index is 1130. The second-order valence-electron chi connectivity index (χ2n) is 8.98. The minimum Gasteiger partial charge on any atom is -0.465 e. The van der Waals surface area contributed by atoms with Gasteiger partial charge in [0.15, 0.2) is 0 Å². The minimum atomic E-state index is -1.57. The molecule has 0 bridgehead atoms. The van der Waals surface area contributed by atoms with Crippen molar-refractivity contribution in [2.24, 2.45) is 11.3 Å². The average Bonchev–Trinajstić information content (AvgIpc) is 3.41. The van der Waals surface area contributed by atoms with Crippen molar-refractivity contribution in [1.82, 2.24) is 0 Å². The molecule has 1 aliphatic rings. The maximum absolute atomic E-state index is 14.0. The van der Waals surface area contributed by atoms with Crippen molar-refractivity contribution in [1.29, 1.82) is 0 Å². The van der Waals surface area contributed by atoms with Gasteiger partial charge in [0.1, 0.15) is 9.62 Å². The van der Waals surface area contributed by atoms with E-state index in [9.17, 15) is 9.00 Å². The lowest BCUT2D eigenvalue weighted by Gasteiger charge is -2.20. The average molecular weight is 495 g/mol. The lowest BCUT2D eigenvalue weighted by Crippen LogP contribution is -2.30. The van der Waals surface area contributed by atoms with Crippen LogP contribution in [0.2, 0.25) is 0 Å². The van der Waals surface area contributed by atoms with Crippen LogP contribution >= 0.6 is 11.6 Å². The highest BCUT2D eigenvalue weighted by Gasteiger charge is 2.83. The maximum atomic E-state index is 14.0. The van der Waals surface area contributed by atoms with Crippen molar-refractivity contribution in [2.75, 3.05) is 6.61 Å².